The average molecular weight is 260 g/mol. The number of rotatable bonds is 2. The highest BCUT2D eigenvalue weighted by Gasteiger charge is 2.32. The van der Waals surface area contributed by atoms with E-state index in [0.29, 0.717) is 12.1 Å². The van der Waals surface area contributed by atoms with Crippen LogP contribution in [0.2, 0.25) is 0 Å². The Labute approximate surface area is 115 Å². The summed E-state index contributed by atoms with van der Waals surface area (Å²) in [5.74, 6) is 0. The summed E-state index contributed by atoms with van der Waals surface area (Å²) in [4.78, 5) is 2.61. The summed E-state index contributed by atoms with van der Waals surface area (Å²) < 4.78 is 5.70. The van der Waals surface area contributed by atoms with Crippen molar-refractivity contribution < 1.29 is 4.74 Å². The van der Waals surface area contributed by atoms with Crippen molar-refractivity contribution in [2.75, 3.05) is 19.4 Å². The third-order valence-electron chi connectivity index (χ3n) is 4.77. The molecule has 104 valence electrons. The van der Waals surface area contributed by atoms with Gasteiger partial charge in [0.05, 0.1) is 6.10 Å². The molecular weight excluding hydrogens is 236 g/mol. The highest BCUT2D eigenvalue weighted by Crippen LogP contribution is 2.31. The minimum Gasteiger partial charge on any atom is -0.398 e. The van der Waals surface area contributed by atoms with E-state index in [2.05, 4.69) is 17.0 Å². The Kier molecular flexibility index (Phi) is 3.76. The quantitative estimate of drug-likeness (QED) is 0.831. The first-order valence-corrected chi connectivity index (χ1v) is 7.42. The van der Waals surface area contributed by atoms with Crippen LogP contribution in [0.1, 0.15) is 36.8 Å². The van der Waals surface area contributed by atoms with Crippen LogP contribution in [0.5, 0.6) is 0 Å². The Hall–Kier alpha value is -1.06. The number of ether oxygens (including phenoxy) is 1. The van der Waals surface area contributed by atoms with Crippen LogP contribution < -0.4 is 5.73 Å². The molecule has 1 heterocycles. The van der Waals surface area contributed by atoms with Crippen molar-refractivity contribution >= 4 is 5.69 Å². The molecule has 0 spiro atoms. The fraction of sp³-hybridized carbons (Fsp3) is 0.625. The minimum absolute atomic E-state index is 0.413. The van der Waals surface area contributed by atoms with E-state index in [9.17, 15) is 0 Å². The van der Waals surface area contributed by atoms with Gasteiger partial charge in [-0.05, 0) is 36.5 Å². The summed E-state index contributed by atoms with van der Waals surface area (Å²) in [5.41, 5.74) is 9.81. The predicted molar refractivity (Wildman–Crippen MR) is 78.0 cm³/mol. The number of benzene rings is 1. The van der Waals surface area contributed by atoms with E-state index in [1.54, 1.807) is 0 Å². The second-order valence-electron chi connectivity index (χ2n) is 5.83. The smallest absolute Gasteiger partial charge is 0.0726 e. The van der Waals surface area contributed by atoms with Crippen LogP contribution >= 0.6 is 0 Å². The molecular formula is C16H24N2O. The van der Waals surface area contributed by atoms with Crippen molar-refractivity contribution in [1.29, 1.82) is 0 Å². The molecule has 3 rings (SSSR count). The number of nitrogen functional groups attached to an aromatic ring is 1. The lowest BCUT2D eigenvalue weighted by molar-refractivity contribution is -0.0160. The normalized spacial score (nSPS) is 28.1. The van der Waals surface area contributed by atoms with Crippen LogP contribution in [-0.4, -0.2) is 30.7 Å². The average Bonchev–Trinajstić information content (AvgIpc) is 2.47. The Morgan fingerprint density at radius 2 is 2.11 bits per heavy atom. The zero-order valence-corrected chi connectivity index (χ0v) is 11.8. The van der Waals surface area contributed by atoms with Crippen LogP contribution in [0, 0.1) is 0 Å². The van der Waals surface area contributed by atoms with Crippen LogP contribution in [-0.2, 0) is 17.7 Å². The van der Waals surface area contributed by atoms with E-state index in [0.717, 1.165) is 25.2 Å². The van der Waals surface area contributed by atoms with E-state index in [4.69, 9.17) is 10.5 Å². The first-order valence-electron chi connectivity index (χ1n) is 7.42. The zero-order chi connectivity index (χ0) is 13.2. The van der Waals surface area contributed by atoms with Gasteiger partial charge in [-0.25, -0.2) is 0 Å². The molecule has 1 saturated carbocycles. The van der Waals surface area contributed by atoms with Gasteiger partial charge in [0, 0.05) is 31.9 Å². The third-order valence-corrected chi connectivity index (χ3v) is 4.77. The van der Waals surface area contributed by atoms with Crippen molar-refractivity contribution in [2.45, 2.75) is 50.8 Å². The Balaban J connectivity index is 1.77. The molecule has 1 fully saturated rings. The molecule has 19 heavy (non-hydrogen) atoms. The van der Waals surface area contributed by atoms with Gasteiger partial charge in [-0.1, -0.05) is 25.0 Å². The van der Waals surface area contributed by atoms with E-state index in [1.807, 2.05) is 13.2 Å². The predicted octanol–water partition coefficient (Wildman–Crippen LogP) is 2.58. The first kappa shape index (κ1) is 12.9. The van der Waals surface area contributed by atoms with Gasteiger partial charge in [-0.3, -0.25) is 4.90 Å². The van der Waals surface area contributed by atoms with Crippen molar-refractivity contribution in [2.24, 2.45) is 0 Å². The lowest BCUT2D eigenvalue weighted by Crippen LogP contribution is -2.48. The van der Waals surface area contributed by atoms with Crippen LogP contribution in [0.4, 0.5) is 5.69 Å². The molecule has 1 aliphatic carbocycles. The van der Waals surface area contributed by atoms with E-state index >= 15 is 0 Å². The summed E-state index contributed by atoms with van der Waals surface area (Å²) in [6.07, 6.45) is 6.63. The maximum atomic E-state index is 6.08. The molecule has 2 N–H and O–H groups in total. The summed E-state index contributed by atoms with van der Waals surface area (Å²) >= 11 is 0. The van der Waals surface area contributed by atoms with E-state index < -0.39 is 0 Å². The van der Waals surface area contributed by atoms with Gasteiger partial charge < -0.3 is 10.5 Å². The molecule has 0 saturated heterocycles. The number of hydrogen-bond acceptors (Lipinski definition) is 3. The van der Waals surface area contributed by atoms with Gasteiger partial charge in [0.2, 0.25) is 0 Å². The molecule has 0 radical (unpaired) electrons. The van der Waals surface area contributed by atoms with E-state index in [1.165, 1.54) is 36.8 Å². The molecule has 0 bridgehead atoms. The standard InChI is InChI=1S/C16H24N2O/c1-19-16-8-3-2-7-15(16)18-10-9-13-12(11-18)5-4-6-14(13)17/h4-6,15-16H,2-3,7-11,17H2,1H3. The summed E-state index contributed by atoms with van der Waals surface area (Å²) in [6.45, 7) is 2.15. The van der Waals surface area contributed by atoms with Crippen molar-refractivity contribution in [3.8, 4) is 0 Å². The molecule has 1 aromatic rings. The largest absolute Gasteiger partial charge is 0.398 e. The van der Waals surface area contributed by atoms with Gasteiger partial charge in [-0.15, -0.1) is 0 Å². The Bertz CT molecular complexity index is 446. The van der Waals surface area contributed by atoms with Gasteiger partial charge >= 0.3 is 0 Å². The highest BCUT2D eigenvalue weighted by atomic mass is 16.5. The fourth-order valence-electron chi connectivity index (χ4n) is 3.71. The molecule has 3 heteroatoms. The molecule has 0 amide bonds. The Morgan fingerprint density at radius 1 is 1.26 bits per heavy atom. The zero-order valence-electron chi connectivity index (χ0n) is 11.8. The molecule has 1 aromatic carbocycles. The topological polar surface area (TPSA) is 38.5 Å². The van der Waals surface area contributed by atoms with Gasteiger partial charge in [0.25, 0.3) is 0 Å². The highest BCUT2D eigenvalue weighted by molar-refractivity contribution is 5.51. The molecule has 2 aliphatic rings. The minimum atomic E-state index is 0.413. The number of hydrogen-bond donors (Lipinski definition) is 1. The molecule has 2 atom stereocenters. The lowest BCUT2D eigenvalue weighted by atomic mass is 9.88. The van der Waals surface area contributed by atoms with Gasteiger partial charge in [0.1, 0.15) is 0 Å². The molecule has 0 aromatic heterocycles. The number of anilines is 1. The number of methoxy groups -OCH3 is 1. The number of fused-ring (bicyclic) bond motifs is 1. The maximum Gasteiger partial charge on any atom is 0.0726 e. The maximum absolute atomic E-state index is 6.08. The molecule has 1 aliphatic heterocycles. The van der Waals surface area contributed by atoms with Gasteiger partial charge in [-0.2, -0.15) is 0 Å². The van der Waals surface area contributed by atoms with Crippen LogP contribution in [0.3, 0.4) is 0 Å². The van der Waals surface area contributed by atoms with E-state index in [-0.39, 0.29) is 0 Å². The fourth-order valence-corrected chi connectivity index (χ4v) is 3.71. The number of nitrogens with two attached hydrogens (primary N) is 1. The van der Waals surface area contributed by atoms with Gasteiger partial charge in [0.15, 0.2) is 0 Å². The second kappa shape index (κ2) is 5.51. The van der Waals surface area contributed by atoms with Crippen molar-refractivity contribution in [3.63, 3.8) is 0 Å². The van der Waals surface area contributed by atoms with Crippen LogP contribution in [0.25, 0.3) is 0 Å². The summed E-state index contributed by atoms with van der Waals surface area (Å²) in [5, 5.41) is 0. The van der Waals surface area contributed by atoms with Crippen LogP contribution in [0.15, 0.2) is 18.2 Å². The number of nitrogens with zero attached hydrogens (tertiary/aromatic N) is 1. The monoisotopic (exact) mass is 260 g/mol. The summed E-state index contributed by atoms with van der Waals surface area (Å²) in [6, 6.07) is 6.91. The summed E-state index contributed by atoms with van der Waals surface area (Å²) in [7, 11) is 1.86. The van der Waals surface area contributed by atoms with Crippen molar-refractivity contribution in [3.05, 3.63) is 29.3 Å². The first-order chi connectivity index (χ1) is 9.29. The Morgan fingerprint density at radius 3 is 2.95 bits per heavy atom. The third kappa shape index (κ3) is 2.49. The SMILES string of the molecule is COC1CCCCC1N1CCc2c(N)cccc2C1. The molecule has 2 unspecified atom stereocenters. The lowest BCUT2D eigenvalue weighted by Gasteiger charge is -2.41. The van der Waals surface area contributed by atoms with Crippen molar-refractivity contribution in [1.82, 2.24) is 4.90 Å². The molecule has 3 nitrogen and oxygen atoms in total. The second-order valence-corrected chi connectivity index (χ2v) is 5.83.